The fraction of sp³-hybridized carbons (Fsp3) is 0.300. The van der Waals surface area contributed by atoms with Gasteiger partial charge in [0, 0.05) is 26.2 Å². The van der Waals surface area contributed by atoms with E-state index in [1.54, 1.807) is 23.5 Å². The fourth-order valence-corrected chi connectivity index (χ4v) is 4.45. The van der Waals surface area contributed by atoms with Crippen LogP contribution in [0.4, 0.5) is 5.13 Å². The van der Waals surface area contributed by atoms with Crippen LogP contribution in [0.1, 0.15) is 17.3 Å². The number of anilines is 1. The number of carbonyl (C=O) groups excluding carboxylic acids is 1. The highest BCUT2D eigenvalue weighted by molar-refractivity contribution is 7.22. The molecule has 0 aliphatic carbocycles. The van der Waals surface area contributed by atoms with Crippen molar-refractivity contribution in [3.8, 4) is 5.75 Å². The van der Waals surface area contributed by atoms with Crippen molar-refractivity contribution in [2.75, 3.05) is 37.7 Å². The van der Waals surface area contributed by atoms with Crippen molar-refractivity contribution in [1.82, 2.24) is 9.88 Å². The number of amides is 1. The van der Waals surface area contributed by atoms with Crippen molar-refractivity contribution < 1.29 is 9.53 Å². The van der Waals surface area contributed by atoms with Gasteiger partial charge in [-0.25, -0.2) is 4.98 Å². The summed E-state index contributed by atoms with van der Waals surface area (Å²) >= 11 is 7.83. The van der Waals surface area contributed by atoms with E-state index in [4.69, 9.17) is 21.3 Å². The summed E-state index contributed by atoms with van der Waals surface area (Å²) in [5, 5.41) is 1.49. The Kier molecular flexibility index (Phi) is 5.18. The molecule has 1 amide bonds. The van der Waals surface area contributed by atoms with E-state index in [2.05, 4.69) is 4.90 Å². The first-order chi connectivity index (χ1) is 13.2. The van der Waals surface area contributed by atoms with Gasteiger partial charge in [0.05, 0.1) is 27.4 Å². The number of fused-ring (bicyclic) bond motifs is 1. The SMILES string of the molecule is CCOc1ccc2nc(N3CCN(C(=O)c4ccccc4Cl)CC3)sc2c1. The zero-order valence-electron chi connectivity index (χ0n) is 15.0. The Balaban J connectivity index is 1.45. The lowest BCUT2D eigenvalue weighted by atomic mass is 10.2. The average molecular weight is 402 g/mol. The molecule has 2 heterocycles. The zero-order valence-corrected chi connectivity index (χ0v) is 16.6. The van der Waals surface area contributed by atoms with Crippen LogP contribution in [0.15, 0.2) is 42.5 Å². The van der Waals surface area contributed by atoms with E-state index in [0.717, 1.165) is 34.2 Å². The molecule has 0 radical (unpaired) electrons. The summed E-state index contributed by atoms with van der Waals surface area (Å²) in [4.78, 5) is 21.5. The maximum atomic E-state index is 12.7. The summed E-state index contributed by atoms with van der Waals surface area (Å²) < 4.78 is 6.69. The van der Waals surface area contributed by atoms with Crippen LogP contribution in [0.2, 0.25) is 5.02 Å². The molecule has 0 saturated carbocycles. The Hall–Kier alpha value is -2.31. The van der Waals surface area contributed by atoms with E-state index in [9.17, 15) is 4.79 Å². The number of ether oxygens (including phenoxy) is 1. The van der Waals surface area contributed by atoms with E-state index >= 15 is 0 Å². The molecular weight excluding hydrogens is 382 g/mol. The van der Waals surface area contributed by atoms with Crippen LogP contribution >= 0.6 is 22.9 Å². The van der Waals surface area contributed by atoms with Gasteiger partial charge >= 0.3 is 0 Å². The maximum Gasteiger partial charge on any atom is 0.255 e. The van der Waals surface area contributed by atoms with Gasteiger partial charge in [0.2, 0.25) is 0 Å². The third-order valence-corrected chi connectivity index (χ3v) is 6.01. The molecule has 1 aliphatic heterocycles. The Morgan fingerprint density at radius 3 is 2.70 bits per heavy atom. The van der Waals surface area contributed by atoms with E-state index in [1.165, 1.54) is 0 Å². The van der Waals surface area contributed by atoms with Crippen LogP contribution in [-0.2, 0) is 0 Å². The summed E-state index contributed by atoms with van der Waals surface area (Å²) in [6, 6.07) is 13.2. The number of rotatable bonds is 4. The van der Waals surface area contributed by atoms with Gasteiger partial charge in [0.15, 0.2) is 5.13 Å². The van der Waals surface area contributed by atoms with E-state index < -0.39 is 0 Å². The highest BCUT2D eigenvalue weighted by atomic mass is 35.5. The number of hydrogen-bond donors (Lipinski definition) is 0. The summed E-state index contributed by atoms with van der Waals surface area (Å²) in [5.41, 5.74) is 1.55. The lowest BCUT2D eigenvalue weighted by Gasteiger charge is -2.34. The van der Waals surface area contributed by atoms with Gasteiger partial charge in [-0.15, -0.1) is 0 Å². The predicted molar refractivity (Wildman–Crippen MR) is 110 cm³/mol. The molecular formula is C20H20ClN3O2S. The number of carbonyl (C=O) groups is 1. The van der Waals surface area contributed by atoms with E-state index in [0.29, 0.717) is 30.3 Å². The van der Waals surface area contributed by atoms with Gasteiger partial charge in [-0.2, -0.15) is 0 Å². The van der Waals surface area contributed by atoms with Crippen LogP contribution < -0.4 is 9.64 Å². The van der Waals surface area contributed by atoms with E-state index in [1.807, 2.05) is 42.2 Å². The van der Waals surface area contributed by atoms with Crippen LogP contribution in [0.25, 0.3) is 10.2 Å². The molecule has 1 aliphatic rings. The molecule has 4 rings (SSSR count). The molecule has 0 N–H and O–H groups in total. The molecule has 0 spiro atoms. The minimum Gasteiger partial charge on any atom is -0.494 e. The van der Waals surface area contributed by atoms with Crippen molar-refractivity contribution in [3.05, 3.63) is 53.1 Å². The van der Waals surface area contributed by atoms with Crippen LogP contribution in [-0.4, -0.2) is 48.6 Å². The number of aromatic nitrogens is 1. The molecule has 1 saturated heterocycles. The molecule has 27 heavy (non-hydrogen) atoms. The van der Waals surface area contributed by atoms with Gasteiger partial charge < -0.3 is 14.5 Å². The third kappa shape index (κ3) is 3.73. The molecule has 2 aromatic carbocycles. The van der Waals surface area contributed by atoms with Crippen molar-refractivity contribution in [2.24, 2.45) is 0 Å². The molecule has 1 fully saturated rings. The van der Waals surface area contributed by atoms with Crippen molar-refractivity contribution >= 4 is 44.2 Å². The Morgan fingerprint density at radius 2 is 1.96 bits per heavy atom. The van der Waals surface area contributed by atoms with Crippen molar-refractivity contribution in [1.29, 1.82) is 0 Å². The normalized spacial score (nSPS) is 14.6. The highest BCUT2D eigenvalue weighted by Crippen LogP contribution is 2.32. The van der Waals surface area contributed by atoms with Gasteiger partial charge in [0.1, 0.15) is 5.75 Å². The Morgan fingerprint density at radius 1 is 1.19 bits per heavy atom. The van der Waals surface area contributed by atoms with Gasteiger partial charge in [-0.3, -0.25) is 4.79 Å². The van der Waals surface area contributed by atoms with Gasteiger partial charge in [-0.1, -0.05) is 35.1 Å². The predicted octanol–water partition coefficient (Wildman–Crippen LogP) is 4.31. The number of halogens is 1. The quantitative estimate of drug-likeness (QED) is 0.653. The van der Waals surface area contributed by atoms with Crippen molar-refractivity contribution in [2.45, 2.75) is 6.92 Å². The largest absolute Gasteiger partial charge is 0.494 e. The maximum absolute atomic E-state index is 12.7. The second-order valence-corrected chi connectivity index (χ2v) is 7.73. The monoisotopic (exact) mass is 401 g/mol. The Bertz CT molecular complexity index is 967. The van der Waals surface area contributed by atoms with Gasteiger partial charge in [-0.05, 0) is 37.3 Å². The minimum absolute atomic E-state index is 0.00842. The number of piperazine rings is 1. The standard InChI is InChI=1S/C20H20ClN3O2S/c1-2-26-14-7-8-17-18(13-14)27-20(22-17)24-11-9-23(10-12-24)19(25)15-5-3-4-6-16(15)21/h3-8,13H,2,9-12H2,1H3. The molecule has 140 valence electrons. The summed E-state index contributed by atoms with van der Waals surface area (Å²) in [6.07, 6.45) is 0. The molecule has 0 unspecified atom stereocenters. The topological polar surface area (TPSA) is 45.7 Å². The summed E-state index contributed by atoms with van der Waals surface area (Å²) in [7, 11) is 0. The molecule has 1 aromatic heterocycles. The first kappa shape index (κ1) is 18.1. The zero-order chi connectivity index (χ0) is 18.8. The van der Waals surface area contributed by atoms with E-state index in [-0.39, 0.29) is 5.91 Å². The number of thiazole rings is 1. The lowest BCUT2D eigenvalue weighted by molar-refractivity contribution is 0.0747. The first-order valence-electron chi connectivity index (χ1n) is 8.98. The lowest BCUT2D eigenvalue weighted by Crippen LogP contribution is -2.48. The molecule has 0 bridgehead atoms. The summed E-state index contributed by atoms with van der Waals surface area (Å²) in [5.74, 6) is 0.862. The number of hydrogen-bond acceptors (Lipinski definition) is 5. The molecule has 7 heteroatoms. The average Bonchev–Trinajstić information content (AvgIpc) is 3.12. The fourth-order valence-electron chi connectivity index (χ4n) is 3.19. The van der Waals surface area contributed by atoms with Gasteiger partial charge in [0.25, 0.3) is 5.91 Å². The van der Waals surface area contributed by atoms with Crippen LogP contribution in [0.5, 0.6) is 5.75 Å². The second-order valence-electron chi connectivity index (χ2n) is 6.32. The third-order valence-electron chi connectivity index (χ3n) is 4.60. The van der Waals surface area contributed by atoms with Crippen LogP contribution in [0.3, 0.4) is 0 Å². The first-order valence-corrected chi connectivity index (χ1v) is 10.2. The molecule has 3 aromatic rings. The van der Waals surface area contributed by atoms with Crippen LogP contribution in [0, 0.1) is 0 Å². The smallest absolute Gasteiger partial charge is 0.255 e. The number of benzene rings is 2. The second kappa shape index (κ2) is 7.74. The number of nitrogens with zero attached hydrogens (tertiary/aromatic N) is 3. The molecule has 0 atom stereocenters. The Labute approximate surface area is 167 Å². The molecule has 5 nitrogen and oxygen atoms in total. The summed E-state index contributed by atoms with van der Waals surface area (Å²) in [6.45, 7) is 5.46. The minimum atomic E-state index is -0.00842. The highest BCUT2D eigenvalue weighted by Gasteiger charge is 2.25. The van der Waals surface area contributed by atoms with Crippen molar-refractivity contribution in [3.63, 3.8) is 0 Å².